The number of benzene rings is 2. The smallest absolute Gasteiger partial charge is 0.337 e. The Labute approximate surface area is 183 Å². The molecule has 2 aromatic heterocycles. The van der Waals surface area contributed by atoms with Gasteiger partial charge in [0, 0.05) is 23.8 Å². The van der Waals surface area contributed by atoms with Gasteiger partial charge in [-0.25, -0.2) is 13.2 Å². The lowest BCUT2D eigenvalue weighted by Gasteiger charge is -2.09. The van der Waals surface area contributed by atoms with Crippen molar-refractivity contribution in [2.24, 2.45) is 0 Å². The Balaban J connectivity index is 1.58. The Morgan fingerprint density at radius 1 is 1.16 bits per heavy atom. The first kappa shape index (κ1) is 20.8. The number of ether oxygens (including phenoxy) is 1. The summed E-state index contributed by atoms with van der Waals surface area (Å²) in [5, 5.41) is 5.27. The van der Waals surface area contributed by atoms with Crippen LogP contribution in [0.25, 0.3) is 10.9 Å². The molecule has 2 heterocycles. The molecule has 0 unspecified atom stereocenters. The van der Waals surface area contributed by atoms with E-state index in [1.54, 1.807) is 17.1 Å². The number of rotatable bonds is 6. The quantitative estimate of drug-likeness (QED) is 0.443. The third kappa shape index (κ3) is 4.37. The fourth-order valence-corrected chi connectivity index (χ4v) is 4.64. The number of aromatic nitrogens is 3. The lowest BCUT2D eigenvalue weighted by atomic mass is 10.1. The van der Waals surface area contributed by atoms with Gasteiger partial charge in [0.25, 0.3) is 10.0 Å². The minimum Gasteiger partial charge on any atom is -0.465 e. The van der Waals surface area contributed by atoms with Crippen molar-refractivity contribution in [2.75, 3.05) is 11.8 Å². The highest BCUT2D eigenvalue weighted by molar-refractivity contribution is 7.92. The van der Waals surface area contributed by atoms with Gasteiger partial charge in [0.05, 0.1) is 29.8 Å². The number of nitrogens with one attached hydrogen (secondary N) is 1. The molecule has 0 saturated heterocycles. The molecule has 158 valence electrons. The number of carbonyl (C=O) groups excluding carboxylic acids is 1. The van der Waals surface area contributed by atoms with Crippen LogP contribution in [0.4, 0.5) is 5.82 Å². The van der Waals surface area contributed by atoms with Crippen LogP contribution in [0, 0.1) is 0 Å². The Morgan fingerprint density at radius 3 is 2.77 bits per heavy atom. The van der Waals surface area contributed by atoms with Gasteiger partial charge in [-0.15, -0.1) is 0 Å². The van der Waals surface area contributed by atoms with E-state index in [0.29, 0.717) is 6.54 Å². The molecule has 0 spiro atoms. The Hall–Kier alpha value is -3.43. The van der Waals surface area contributed by atoms with Crippen LogP contribution in [0.2, 0.25) is 5.02 Å². The van der Waals surface area contributed by atoms with Crippen molar-refractivity contribution >= 4 is 44.3 Å². The van der Waals surface area contributed by atoms with E-state index >= 15 is 0 Å². The van der Waals surface area contributed by atoms with Crippen LogP contribution in [-0.4, -0.2) is 36.3 Å². The van der Waals surface area contributed by atoms with E-state index in [2.05, 4.69) is 19.5 Å². The van der Waals surface area contributed by atoms with Crippen molar-refractivity contribution in [3.63, 3.8) is 0 Å². The Kier molecular flexibility index (Phi) is 5.62. The number of pyridine rings is 1. The summed E-state index contributed by atoms with van der Waals surface area (Å²) in [5.74, 6) is -0.547. The van der Waals surface area contributed by atoms with E-state index in [-0.39, 0.29) is 21.3 Å². The highest BCUT2D eigenvalue weighted by Gasteiger charge is 2.21. The summed E-state index contributed by atoms with van der Waals surface area (Å²) in [6.45, 7) is 0.411. The summed E-state index contributed by atoms with van der Waals surface area (Å²) in [7, 11) is -2.87. The molecule has 4 rings (SSSR count). The Morgan fingerprint density at radius 2 is 1.97 bits per heavy atom. The zero-order valence-corrected chi connectivity index (χ0v) is 17.9. The largest absolute Gasteiger partial charge is 0.465 e. The van der Waals surface area contributed by atoms with E-state index in [9.17, 15) is 13.2 Å². The normalized spacial score (nSPS) is 11.4. The van der Waals surface area contributed by atoms with E-state index < -0.39 is 16.0 Å². The van der Waals surface area contributed by atoms with Crippen LogP contribution in [0.5, 0.6) is 0 Å². The number of sulfonamides is 1. The molecule has 10 heteroatoms. The first-order valence-corrected chi connectivity index (χ1v) is 11.0. The highest BCUT2D eigenvalue weighted by Crippen LogP contribution is 2.25. The maximum atomic E-state index is 12.8. The average molecular weight is 457 g/mol. The molecule has 0 radical (unpaired) electrons. The molecule has 8 nitrogen and oxygen atoms in total. The molecular formula is C21H17ClN4O4S. The van der Waals surface area contributed by atoms with Gasteiger partial charge in [-0.05, 0) is 29.8 Å². The SMILES string of the molecule is COC(=O)c1ccc(Cl)c(S(=O)(=O)Nc2ccn(Cc3cccc4cccnc34)n2)c1. The number of methoxy groups -OCH3 is 1. The van der Waals surface area contributed by atoms with Crippen LogP contribution in [0.3, 0.4) is 0 Å². The number of anilines is 1. The van der Waals surface area contributed by atoms with Crippen molar-refractivity contribution in [3.8, 4) is 0 Å². The van der Waals surface area contributed by atoms with E-state index in [4.69, 9.17) is 11.6 Å². The maximum Gasteiger partial charge on any atom is 0.337 e. The number of nitrogens with zero attached hydrogens (tertiary/aromatic N) is 3. The summed E-state index contributed by atoms with van der Waals surface area (Å²) >= 11 is 6.06. The van der Waals surface area contributed by atoms with Crippen molar-refractivity contribution in [1.29, 1.82) is 0 Å². The maximum absolute atomic E-state index is 12.8. The number of hydrogen-bond donors (Lipinski definition) is 1. The molecule has 4 aromatic rings. The molecule has 0 atom stereocenters. The zero-order chi connectivity index (χ0) is 22.0. The summed E-state index contributed by atoms with van der Waals surface area (Å²) in [4.78, 5) is 15.9. The summed E-state index contributed by atoms with van der Waals surface area (Å²) in [6, 6.07) is 15.1. The molecule has 31 heavy (non-hydrogen) atoms. The van der Waals surface area contributed by atoms with Crippen LogP contribution >= 0.6 is 11.6 Å². The van der Waals surface area contributed by atoms with Gasteiger partial charge in [-0.1, -0.05) is 35.9 Å². The van der Waals surface area contributed by atoms with Gasteiger partial charge in [-0.3, -0.25) is 14.4 Å². The van der Waals surface area contributed by atoms with Gasteiger partial charge in [0.15, 0.2) is 5.82 Å². The van der Waals surface area contributed by atoms with Crippen molar-refractivity contribution in [3.05, 3.63) is 83.1 Å². The summed E-state index contributed by atoms with van der Waals surface area (Å²) < 4.78 is 34.3. The summed E-state index contributed by atoms with van der Waals surface area (Å²) in [6.07, 6.45) is 3.38. The van der Waals surface area contributed by atoms with Crippen molar-refractivity contribution < 1.29 is 17.9 Å². The van der Waals surface area contributed by atoms with E-state index in [0.717, 1.165) is 22.5 Å². The standard InChI is InChI=1S/C21H17ClN4O4S/c1-30-21(27)15-7-8-17(22)18(12-15)31(28,29)25-19-9-11-26(24-19)13-16-5-2-4-14-6-3-10-23-20(14)16/h2-12H,13H2,1H3,(H,24,25). The lowest BCUT2D eigenvalue weighted by Crippen LogP contribution is -2.15. The first-order chi connectivity index (χ1) is 14.9. The number of fused-ring (bicyclic) bond motifs is 1. The number of halogens is 1. The molecule has 0 aliphatic carbocycles. The van der Waals surface area contributed by atoms with Gasteiger partial charge < -0.3 is 4.74 Å². The van der Waals surface area contributed by atoms with E-state index in [1.165, 1.54) is 25.3 Å². The minimum atomic E-state index is -4.08. The molecule has 1 N–H and O–H groups in total. The zero-order valence-electron chi connectivity index (χ0n) is 16.3. The second-order valence-corrected chi connectivity index (χ2v) is 8.69. The van der Waals surface area contributed by atoms with E-state index in [1.807, 2.05) is 30.3 Å². The molecule has 0 amide bonds. The fraction of sp³-hybridized carbons (Fsp3) is 0.0952. The predicted molar refractivity (Wildman–Crippen MR) is 117 cm³/mol. The second-order valence-electron chi connectivity index (χ2n) is 6.63. The number of hydrogen-bond acceptors (Lipinski definition) is 6. The average Bonchev–Trinajstić information content (AvgIpc) is 3.19. The predicted octanol–water partition coefficient (Wildman–Crippen LogP) is 3.72. The fourth-order valence-electron chi connectivity index (χ4n) is 3.12. The molecule has 0 bridgehead atoms. The molecule has 2 aromatic carbocycles. The summed E-state index contributed by atoms with van der Waals surface area (Å²) in [5.41, 5.74) is 1.87. The third-order valence-electron chi connectivity index (χ3n) is 4.57. The van der Waals surface area contributed by atoms with Gasteiger partial charge in [-0.2, -0.15) is 5.10 Å². The number of esters is 1. The Bertz CT molecular complexity index is 1380. The van der Waals surface area contributed by atoms with Crippen molar-refractivity contribution in [2.45, 2.75) is 11.4 Å². The van der Waals surface area contributed by atoms with Crippen LogP contribution < -0.4 is 4.72 Å². The molecule has 0 saturated carbocycles. The second kappa shape index (κ2) is 8.37. The van der Waals surface area contributed by atoms with Gasteiger partial charge in [0.1, 0.15) is 4.90 Å². The molecule has 0 aliphatic heterocycles. The van der Waals surface area contributed by atoms with Crippen LogP contribution in [0.15, 0.2) is 71.9 Å². The lowest BCUT2D eigenvalue weighted by molar-refractivity contribution is 0.0600. The first-order valence-electron chi connectivity index (χ1n) is 9.14. The third-order valence-corrected chi connectivity index (χ3v) is 6.41. The van der Waals surface area contributed by atoms with Gasteiger partial charge in [0.2, 0.25) is 0 Å². The molecule has 0 fully saturated rings. The number of carbonyl (C=O) groups is 1. The van der Waals surface area contributed by atoms with Crippen LogP contribution in [0.1, 0.15) is 15.9 Å². The number of para-hydroxylation sites is 1. The van der Waals surface area contributed by atoms with Crippen molar-refractivity contribution in [1.82, 2.24) is 14.8 Å². The molecular weight excluding hydrogens is 440 g/mol. The molecule has 0 aliphatic rings. The monoisotopic (exact) mass is 456 g/mol. The topological polar surface area (TPSA) is 103 Å². The highest BCUT2D eigenvalue weighted by atomic mass is 35.5. The minimum absolute atomic E-state index is 0.0265. The van der Waals surface area contributed by atoms with Crippen LogP contribution in [-0.2, 0) is 21.3 Å². The van der Waals surface area contributed by atoms with Gasteiger partial charge >= 0.3 is 5.97 Å².